The number of amides is 1. The smallest absolute Gasteiger partial charge is 0.319 e. The molecular weight excluding hydrogens is 725 g/mol. The second-order valence-corrected chi connectivity index (χ2v) is 23.6. The van der Waals surface area contributed by atoms with Crippen molar-refractivity contribution in [2.75, 3.05) is 32.5 Å². The summed E-state index contributed by atoms with van der Waals surface area (Å²) in [7, 11) is -0.553. The van der Waals surface area contributed by atoms with E-state index in [2.05, 4.69) is 87.7 Å². The normalized spacial score (nSPS) is 19.2. The topological polar surface area (TPSA) is 70.0 Å². The van der Waals surface area contributed by atoms with E-state index in [0.717, 1.165) is 27.6 Å². The Morgan fingerprint density at radius 2 is 1.50 bits per heavy atom. The molecule has 0 unspecified atom stereocenters. The third kappa shape index (κ3) is 8.34. The molecule has 0 N–H and O–H groups in total. The maximum Gasteiger partial charge on any atom is 0.319 e. The van der Waals surface area contributed by atoms with E-state index in [-0.39, 0.29) is 29.5 Å². The summed E-state index contributed by atoms with van der Waals surface area (Å²) in [6.07, 6.45) is 8.93. The Balaban J connectivity index is 1.72. The predicted octanol–water partition coefficient (Wildman–Crippen LogP) is 10.0. The van der Waals surface area contributed by atoms with Crippen molar-refractivity contribution in [3.63, 3.8) is 0 Å². The molecule has 1 saturated heterocycles. The number of ether oxygens (including phenoxy) is 2. The van der Waals surface area contributed by atoms with Crippen LogP contribution in [0.5, 0.6) is 0 Å². The van der Waals surface area contributed by atoms with Crippen molar-refractivity contribution < 1.29 is 23.5 Å². The number of benzene rings is 3. The number of fused-ring (bicyclic) bond motifs is 1. The van der Waals surface area contributed by atoms with Crippen molar-refractivity contribution >= 4 is 66.4 Å². The van der Waals surface area contributed by atoms with E-state index < -0.39 is 29.7 Å². The second kappa shape index (κ2) is 17.2. The highest BCUT2D eigenvalue weighted by atomic mass is 32.3. The van der Waals surface area contributed by atoms with Gasteiger partial charge in [-0.1, -0.05) is 99.6 Å². The lowest BCUT2D eigenvalue weighted by molar-refractivity contribution is -0.167. The first-order valence-electron chi connectivity index (χ1n) is 17.8. The Morgan fingerprint density at radius 3 is 2.10 bits per heavy atom. The van der Waals surface area contributed by atoms with Crippen molar-refractivity contribution in [1.82, 2.24) is 9.47 Å². The van der Waals surface area contributed by atoms with Crippen LogP contribution in [-0.4, -0.2) is 65.6 Å². The maximum absolute atomic E-state index is 15.7. The first-order chi connectivity index (χ1) is 24.8. The molecule has 4 aromatic rings. The highest BCUT2D eigenvalue weighted by Gasteiger charge is 2.57. The number of likely N-dealkylation sites (tertiary alicyclic amines) is 1. The number of carbonyl (C=O) groups is 2. The van der Waals surface area contributed by atoms with Gasteiger partial charge in [0.05, 0.1) is 24.2 Å². The molecular formula is C41H54N2O5S3Si. The van der Waals surface area contributed by atoms with E-state index in [4.69, 9.17) is 13.9 Å². The Kier molecular flexibility index (Phi) is 13.4. The zero-order valence-corrected chi connectivity index (χ0v) is 35.4. The van der Waals surface area contributed by atoms with Gasteiger partial charge in [0, 0.05) is 30.2 Å². The van der Waals surface area contributed by atoms with E-state index in [1.165, 1.54) is 0 Å². The summed E-state index contributed by atoms with van der Waals surface area (Å²) in [4.78, 5) is 32.2. The highest BCUT2D eigenvalue weighted by molar-refractivity contribution is 8.33. The Bertz CT molecular complexity index is 1780. The van der Waals surface area contributed by atoms with E-state index in [0.29, 0.717) is 19.8 Å². The summed E-state index contributed by atoms with van der Waals surface area (Å²) in [5, 5.41) is 1.03. The number of aromatic nitrogens is 1. The lowest BCUT2D eigenvalue weighted by Crippen LogP contribution is -2.56. The molecule has 3 aromatic carbocycles. The van der Waals surface area contributed by atoms with Gasteiger partial charge in [-0.05, 0) is 60.5 Å². The lowest BCUT2D eigenvalue weighted by Gasteiger charge is -2.51. The number of hydrogen-bond donors (Lipinski definition) is 0. The fourth-order valence-corrected chi connectivity index (χ4v) is 11.7. The second-order valence-electron chi connectivity index (χ2n) is 14.9. The molecule has 2 heterocycles. The summed E-state index contributed by atoms with van der Waals surface area (Å²) in [5.41, 5.74) is 3.92. The minimum atomic E-state index is -2.25. The van der Waals surface area contributed by atoms with Gasteiger partial charge in [0.15, 0.2) is 8.32 Å². The summed E-state index contributed by atoms with van der Waals surface area (Å²) in [5.74, 6) is -2.06. The fraction of sp³-hybridized carbons (Fsp3) is 0.463. The third-order valence-corrected chi connectivity index (χ3v) is 21.0. The van der Waals surface area contributed by atoms with Crippen LogP contribution in [0.1, 0.15) is 56.0 Å². The molecule has 0 bridgehead atoms. The molecule has 280 valence electrons. The van der Waals surface area contributed by atoms with Gasteiger partial charge in [0.25, 0.3) is 0 Å². The molecule has 0 aliphatic carbocycles. The van der Waals surface area contributed by atoms with Crippen LogP contribution in [0.25, 0.3) is 10.9 Å². The van der Waals surface area contributed by atoms with Gasteiger partial charge in [-0.15, -0.1) is 35.3 Å². The first kappa shape index (κ1) is 40.5. The molecule has 4 atom stereocenters. The zero-order valence-electron chi connectivity index (χ0n) is 32.0. The van der Waals surface area contributed by atoms with Crippen molar-refractivity contribution in [2.24, 2.45) is 11.8 Å². The van der Waals surface area contributed by atoms with Crippen molar-refractivity contribution in [3.05, 3.63) is 108 Å². The number of thioether (sulfide) groups is 3. The van der Waals surface area contributed by atoms with Crippen molar-refractivity contribution in [2.45, 2.75) is 74.2 Å². The van der Waals surface area contributed by atoms with Gasteiger partial charge in [0.1, 0.15) is 22.7 Å². The number of hydrogen-bond acceptors (Lipinski definition) is 8. The monoisotopic (exact) mass is 778 g/mol. The van der Waals surface area contributed by atoms with Gasteiger partial charge in [-0.25, -0.2) is 0 Å². The number of para-hydroxylation sites is 1. The van der Waals surface area contributed by atoms with Crippen LogP contribution in [0.4, 0.5) is 0 Å². The molecule has 1 aromatic heterocycles. The molecule has 52 heavy (non-hydrogen) atoms. The number of piperidine rings is 1. The average molecular weight is 779 g/mol. The Labute approximate surface area is 324 Å². The molecule has 1 aliphatic heterocycles. The molecule has 0 spiro atoms. The van der Waals surface area contributed by atoms with Crippen LogP contribution < -0.4 is 0 Å². The van der Waals surface area contributed by atoms with Crippen LogP contribution in [0.2, 0.25) is 18.1 Å². The van der Waals surface area contributed by atoms with Gasteiger partial charge in [-0.2, -0.15) is 0 Å². The van der Waals surface area contributed by atoms with Gasteiger partial charge >= 0.3 is 5.97 Å². The van der Waals surface area contributed by atoms with Crippen LogP contribution in [-0.2, 0) is 36.8 Å². The first-order valence-corrected chi connectivity index (χ1v) is 24.3. The highest BCUT2D eigenvalue weighted by Crippen LogP contribution is 2.58. The molecule has 0 radical (unpaired) electrons. The van der Waals surface area contributed by atoms with E-state index in [1.54, 1.807) is 42.4 Å². The van der Waals surface area contributed by atoms with Crippen LogP contribution in [0, 0.1) is 11.8 Å². The molecule has 0 saturated carbocycles. The quantitative estimate of drug-likeness (QED) is 0.0512. The minimum Gasteiger partial charge on any atom is -0.460 e. The van der Waals surface area contributed by atoms with E-state index >= 15 is 4.79 Å². The van der Waals surface area contributed by atoms with E-state index in [1.807, 2.05) is 65.6 Å². The standard InChI is InChI=1S/C41H54N2O5S3Si/c1-40(2,3)52(8,9)48-27-36(30-20-14-11-15-21-30)43-35(32-25-42(28-46-4)34-23-17-16-22-31(32)34)24-33(41(49-5,50-6)51-7)37(38(43)44)39(45)47-26-29-18-12-10-13-19-29/h10-23,25,33,35-37H,24,26-28H2,1-9H3/t33-,35+,36+,37-/m1/s1. The van der Waals surface area contributed by atoms with Crippen LogP contribution in [0.15, 0.2) is 91.1 Å². The van der Waals surface area contributed by atoms with Gasteiger partial charge < -0.3 is 23.4 Å². The predicted molar refractivity (Wildman–Crippen MR) is 222 cm³/mol. The van der Waals surface area contributed by atoms with Crippen LogP contribution >= 0.6 is 35.3 Å². The van der Waals surface area contributed by atoms with Crippen molar-refractivity contribution in [1.29, 1.82) is 0 Å². The largest absolute Gasteiger partial charge is 0.460 e. The molecule has 5 rings (SSSR count). The number of methoxy groups -OCH3 is 1. The van der Waals surface area contributed by atoms with Crippen LogP contribution in [0.3, 0.4) is 0 Å². The number of nitrogens with zero attached hydrogens (tertiary/aromatic N) is 2. The molecule has 1 fully saturated rings. The maximum atomic E-state index is 15.7. The number of carbonyl (C=O) groups excluding carboxylic acids is 2. The zero-order chi connectivity index (χ0) is 37.7. The SMILES string of the molecule is COCn1cc([C@@H]2C[C@@H](C(SC)(SC)SC)[C@@H](C(=O)OCc3ccccc3)C(=O)N2[C@@H](CO[Si](C)(C)C(C)(C)C)c2ccccc2)c2ccccc21. The van der Waals surface area contributed by atoms with E-state index in [9.17, 15) is 4.79 Å². The summed E-state index contributed by atoms with van der Waals surface area (Å²) in [6.45, 7) is 12.0. The average Bonchev–Trinajstić information content (AvgIpc) is 3.51. The fourth-order valence-electron chi connectivity index (χ4n) is 7.06. The molecule has 11 heteroatoms. The summed E-state index contributed by atoms with van der Waals surface area (Å²) >= 11 is 5.10. The van der Waals surface area contributed by atoms with Gasteiger partial charge in [-0.3, -0.25) is 9.59 Å². The summed E-state index contributed by atoms with van der Waals surface area (Å²) < 4.78 is 20.3. The minimum absolute atomic E-state index is 0.0311. The van der Waals surface area contributed by atoms with Crippen molar-refractivity contribution in [3.8, 4) is 0 Å². The lowest BCUT2D eigenvalue weighted by atomic mass is 9.78. The third-order valence-electron chi connectivity index (χ3n) is 10.9. The van der Waals surface area contributed by atoms with Gasteiger partial charge in [0.2, 0.25) is 5.91 Å². The number of esters is 1. The molecule has 7 nitrogen and oxygen atoms in total. The number of rotatable bonds is 15. The Hall–Kier alpha value is -2.67. The summed E-state index contributed by atoms with van der Waals surface area (Å²) in [6, 6.07) is 27.3. The molecule has 1 amide bonds. The Morgan fingerprint density at radius 1 is 0.904 bits per heavy atom. The molecule has 1 aliphatic rings.